The molecule has 7 heteroatoms. The summed E-state index contributed by atoms with van der Waals surface area (Å²) in [6, 6.07) is 13.6. The summed E-state index contributed by atoms with van der Waals surface area (Å²) in [5, 5.41) is 0.495. The predicted octanol–water partition coefficient (Wildman–Crippen LogP) is 4.46. The summed E-state index contributed by atoms with van der Waals surface area (Å²) in [6.07, 6.45) is 1.37. The largest absolute Gasteiger partial charge is 0.494 e. The minimum Gasteiger partial charge on any atom is -0.494 e. The molecule has 29 heavy (non-hydrogen) atoms. The average Bonchev–Trinajstić information content (AvgIpc) is 3.07. The molecule has 4 rings (SSSR count). The van der Waals surface area contributed by atoms with E-state index in [1.165, 1.54) is 41.5 Å². The van der Waals surface area contributed by atoms with Gasteiger partial charge in [0.15, 0.2) is 17.3 Å². The van der Waals surface area contributed by atoms with Gasteiger partial charge < -0.3 is 4.74 Å². The molecule has 0 amide bonds. The SMILES string of the molecule is COc1ccc(C(=O)Cn2cnc3sc(C)c(-c4ccccc4)c3c2=O)cc1F. The Hall–Kier alpha value is -3.32. The molecule has 0 radical (unpaired) electrons. The summed E-state index contributed by atoms with van der Waals surface area (Å²) >= 11 is 1.44. The molecule has 0 N–H and O–H groups in total. The Labute approximate surface area is 170 Å². The van der Waals surface area contributed by atoms with E-state index in [4.69, 9.17) is 4.74 Å². The molecule has 0 aliphatic carbocycles. The normalized spacial score (nSPS) is 11.0. The first kappa shape index (κ1) is 19.0. The fourth-order valence-electron chi connectivity index (χ4n) is 3.29. The molecule has 0 aliphatic heterocycles. The summed E-state index contributed by atoms with van der Waals surface area (Å²) < 4.78 is 20.1. The highest BCUT2D eigenvalue weighted by Gasteiger charge is 2.18. The van der Waals surface area contributed by atoms with Crippen LogP contribution in [0.5, 0.6) is 5.75 Å². The van der Waals surface area contributed by atoms with Crippen LogP contribution >= 0.6 is 11.3 Å². The molecule has 2 aromatic carbocycles. The summed E-state index contributed by atoms with van der Waals surface area (Å²) in [7, 11) is 1.35. The fraction of sp³-hybridized carbons (Fsp3) is 0.136. The number of carbonyl (C=O) groups excluding carboxylic acids is 1. The summed E-state index contributed by atoms with van der Waals surface area (Å²) in [5.41, 5.74) is 1.64. The molecule has 0 saturated carbocycles. The third kappa shape index (κ3) is 3.45. The molecule has 4 aromatic rings. The first-order valence-corrected chi connectivity index (χ1v) is 9.72. The highest BCUT2D eigenvalue weighted by molar-refractivity contribution is 7.19. The second-order valence-corrected chi connectivity index (χ2v) is 7.73. The van der Waals surface area contributed by atoms with Gasteiger partial charge in [0, 0.05) is 16.0 Å². The van der Waals surface area contributed by atoms with E-state index in [9.17, 15) is 14.0 Å². The van der Waals surface area contributed by atoms with Crippen LogP contribution in [0.1, 0.15) is 15.2 Å². The van der Waals surface area contributed by atoms with Gasteiger partial charge in [-0.2, -0.15) is 0 Å². The Morgan fingerprint density at radius 1 is 1.21 bits per heavy atom. The summed E-state index contributed by atoms with van der Waals surface area (Å²) in [5.74, 6) is -0.954. The number of aryl methyl sites for hydroxylation is 1. The second kappa shape index (κ2) is 7.60. The number of nitrogens with zero attached hydrogens (tertiary/aromatic N) is 2. The molecule has 0 spiro atoms. The van der Waals surface area contributed by atoms with Gasteiger partial charge in [0.2, 0.25) is 0 Å². The Morgan fingerprint density at radius 2 is 1.97 bits per heavy atom. The number of ether oxygens (including phenoxy) is 1. The first-order chi connectivity index (χ1) is 14.0. The predicted molar refractivity (Wildman–Crippen MR) is 111 cm³/mol. The Bertz CT molecular complexity index is 1280. The van der Waals surface area contributed by atoms with Gasteiger partial charge in [-0.1, -0.05) is 30.3 Å². The third-order valence-corrected chi connectivity index (χ3v) is 5.72. The van der Waals surface area contributed by atoms with Gasteiger partial charge in [0.05, 0.1) is 25.4 Å². The monoisotopic (exact) mass is 408 g/mol. The van der Waals surface area contributed by atoms with Gasteiger partial charge in [-0.25, -0.2) is 9.37 Å². The highest BCUT2D eigenvalue weighted by Crippen LogP contribution is 2.35. The van der Waals surface area contributed by atoms with E-state index in [2.05, 4.69) is 4.98 Å². The maximum Gasteiger partial charge on any atom is 0.263 e. The minimum absolute atomic E-state index is 0.0584. The number of thiophene rings is 1. The van der Waals surface area contributed by atoms with E-state index in [1.54, 1.807) is 0 Å². The Kier molecular flexibility index (Phi) is 4.98. The van der Waals surface area contributed by atoms with Crippen molar-refractivity contribution in [1.82, 2.24) is 9.55 Å². The van der Waals surface area contributed by atoms with Crippen LogP contribution in [0.2, 0.25) is 0 Å². The number of fused-ring (bicyclic) bond motifs is 1. The summed E-state index contributed by atoms with van der Waals surface area (Å²) in [6.45, 7) is 1.72. The van der Waals surface area contributed by atoms with E-state index in [0.717, 1.165) is 22.1 Å². The lowest BCUT2D eigenvalue weighted by molar-refractivity contribution is 0.0970. The van der Waals surface area contributed by atoms with Gasteiger partial charge in [-0.3, -0.25) is 14.2 Å². The molecule has 0 saturated heterocycles. The first-order valence-electron chi connectivity index (χ1n) is 8.90. The van der Waals surface area contributed by atoms with Crippen LogP contribution < -0.4 is 10.3 Å². The van der Waals surface area contributed by atoms with E-state index in [0.29, 0.717) is 10.2 Å². The zero-order chi connectivity index (χ0) is 20.5. The van der Waals surface area contributed by atoms with E-state index in [1.807, 2.05) is 37.3 Å². The van der Waals surface area contributed by atoms with Crippen molar-refractivity contribution in [2.45, 2.75) is 13.5 Å². The lowest BCUT2D eigenvalue weighted by Crippen LogP contribution is -2.24. The summed E-state index contributed by atoms with van der Waals surface area (Å²) in [4.78, 5) is 31.8. The van der Waals surface area contributed by atoms with E-state index < -0.39 is 5.82 Å². The van der Waals surface area contributed by atoms with Crippen LogP contribution in [-0.2, 0) is 6.54 Å². The molecular formula is C22H17FN2O3S. The van der Waals surface area contributed by atoms with Crippen molar-refractivity contribution in [3.63, 3.8) is 0 Å². The number of ketones is 1. The average molecular weight is 408 g/mol. The Balaban J connectivity index is 1.76. The fourth-order valence-corrected chi connectivity index (χ4v) is 4.29. The van der Waals surface area contributed by atoms with Crippen molar-refractivity contribution in [3.8, 4) is 16.9 Å². The number of aromatic nitrogens is 2. The maximum atomic E-state index is 13.9. The minimum atomic E-state index is -0.626. The molecular weight excluding hydrogens is 391 g/mol. The number of hydrogen-bond donors (Lipinski definition) is 0. The van der Waals surface area contributed by atoms with Gasteiger partial charge in [-0.15, -0.1) is 11.3 Å². The van der Waals surface area contributed by atoms with Crippen LogP contribution in [0, 0.1) is 12.7 Å². The van der Waals surface area contributed by atoms with Crippen molar-refractivity contribution < 1.29 is 13.9 Å². The number of halogens is 1. The maximum absolute atomic E-state index is 13.9. The van der Waals surface area contributed by atoms with Crippen molar-refractivity contribution >= 4 is 27.3 Å². The zero-order valence-electron chi connectivity index (χ0n) is 15.8. The number of hydrogen-bond acceptors (Lipinski definition) is 5. The van der Waals surface area contributed by atoms with Crippen molar-refractivity contribution in [2.24, 2.45) is 0 Å². The van der Waals surface area contributed by atoms with Gasteiger partial charge >= 0.3 is 0 Å². The molecule has 0 bridgehead atoms. The topological polar surface area (TPSA) is 61.2 Å². The van der Waals surface area contributed by atoms with Crippen molar-refractivity contribution in [1.29, 1.82) is 0 Å². The van der Waals surface area contributed by atoms with Crippen LogP contribution in [-0.4, -0.2) is 22.4 Å². The number of carbonyl (C=O) groups is 1. The van der Waals surface area contributed by atoms with Crippen LogP contribution in [0.15, 0.2) is 59.7 Å². The number of rotatable bonds is 5. The van der Waals surface area contributed by atoms with Crippen molar-refractivity contribution in [2.75, 3.05) is 7.11 Å². The number of benzene rings is 2. The third-order valence-electron chi connectivity index (χ3n) is 4.70. The van der Waals surface area contributed by atoms with Crippen LogP contribution in [0.25, 0.3) is 21.3 Å². The molecule has 0 unspecified atom stereocenters. The van der Waals surface area contributed by atoms with Gasteiger partial charge in [-0.05, 0) is 30.7 Å². The molecule has 5 nitrogen and oxygen atoms in total. The van der Waals surface area contributed by atoms with E-state index in [-0.39, 0.29) is 29.2 Å². The molecule has 146 valence electrons. The van der Waals surface area contributed by atoms with Crippen LogP contribution in [0.4, 0.5) is 4.39 Å². The molecule has 0 fully saturated rings. The molecule has 0 aliphatic rings. The van der Waals surface area contributed by atoms with E-state index >= 15 is 0 Å². The number of methoxy groups -OCH3 is 1. The quantitative estimate of drug-likeness (QED) is 0.457. The molecule has 2 heterocycles. The number of Topliss-reactive ketones (excluding diaryl/α,β-unsaturated/α-hetero) is 1. The zero-order valence-corrected chi connectivity index (χ0v) is 16.6. The smallest absolute Gasteiger partial charge is 0.263 e. The Morgan fingerprint density at radius 3 is 2.66 bits per heavy atom. The molecule has 0 atom stereocenters. The lowest BCUT2D eigenvalue weighted by atomic mass is 10.0. The molecule has 2 aromatic heterocycles. The standard InChI is InChI=1S/C22H17FN2O3S/c1-13-19(14-6-4-3-5-7-14)20-21(29-13)24-12-25(22(20)27)11-17(26)15-8-9-18(28-2)16(23)10-15/h3-10,12H,11H2,1-2H3. The lowest BCUT2D eigenvalue weighted by Gasteiger charge is -2.07. The van der Waals surface area contributed by atoms with Crippen LogP contribution in [0.3, 0.4) is 0 Å². The second-order valence-electron chi connectivity index (χ2n) is 6.53. The van der Waals surface area contributed by atoms with Gasteiger partial charge in [0.25, 0.3) is 5.56 Å². The van der Waals surface area contributed by atoms with Crippen molar-refractivity contribution in [3.05, 3.63) is 81.5 Å². The van der Waals surface area contributed by atoms with Gasteiger partial charge in [0.1, 0.15) is 4.83 Å². The highest BCUT2D eigenvalue weighted by atomic mass is 32.1.